The summed E-state index contributed by atoms with van der Waals surface area (Å²) >= 11 is 1.60. The minimum atomic E-state index is 0.0869. The first-order valence-electron chi connectivity index (χ1n) is 6.80. The first-order valence-corrected chi connectivity index (χ1v) is 8.02. The highest BCUT2D eigenvalue weighted by Gasteiger charge is 2.22. The number of amidine groups is 1. The van der Waals surface area contributed by atoms with Crippen molar-refractivity contribution in [2.75, 3.05) is 6.26 Å². The van der Waals surface area contributed by atoms with Crippen LogP contribution in [0.1, 0.15) is 38.2 Å². The molecule has 0 aliphatic heterocycles. The van der Waals surface area contributed by atoms with Crippen molar-refractivity contribution in [3.63, 3.8) is 0 Å². The first-order chi connectivity index (χ1) is 9.11. The molecule has 0 amide bonds. The molecule has 1 aromatic carbocycles. The number of benzene rings is 1. The van der Waals surface area contributed by atoms with Crippen LogP contribution in [0.25, 0.3) is 0 Å². The van der Waals surface area contributed by atoms with Crippen molar-refractivity contribution in [1.29, 1.82) is 5.41 Å². The Bertz CT molecular complexity index is 461. The second-order valence-electron chi connectivity index (χ2n) is 5.26. The third-order valence-electron chi connectivity index (χ3n) is 3.66. The summed E-state index contributed by atoms with van der Waals surface area (Å²) in [5.41, 5.74) is 6.46. The minimum absolute atomic E-state index is 0.0869. The Balaban J connectivity index is 2.21. The molecule has 0 spiro atoms. The molecular weight excluding hydrogens is 256 g/mol. The smallest absolute Gasteiger partial charge is 0.131 e. The lowest BCUT2D eigenvalue weighted by Gasteiger charge is -2.28. The van der Waals surface area contributed by atoms with E-state index >= 15 is 0 Å². The number of hydrogen-bond acceptors (Lipinski definition) is 3. The molecule has 1 aliphatic carbocycles. The minimum Gasteiger partial charge on any atom is -0.490 e. The standard InChI is InChI=1S/C15H22N2OS/c1-10-5-3-6-11(9-10)18-12-7-4-8-13(19-2)14(12)15(16)17/h4,7-8,10-11H,3,5-6,9H2,1-2H3,(H3,16,17). The summed E-state index contributed by atoms with van der Waals surface area (Å²) in [6, 6.07) is 5.88. The molecule has 0 bridgehead atoms. The van der Waals surface area contributed by atoms with E-state index in [0.717, 1.165) is 35.0 Å². The Morgan fingerprint density at radius 2 is 2.21 bits per heavy atom. The Hall–Kier alpha value is -1.16. The molecule has 1 fully saturated rings. The summed E-state index contributed by atoms with van der Waals surface area (Å²) in [4.78, 5) is 1.01. The summed E-state index contributed by atoms with van der Waals surface area (Å²) in [6.07, 6.45) is 6.98. The molecule has 3 nitrogen and oxygen atoms in total. The van der Waals surface area contributed by atoms with Crippen LogP contribution in [-0.4, -0.2) is 18.2 Å². The molecule has 2 unspecified atom stereocenters. The average molecular weight is 278 g/mol. The summed E-state index contributed by atoms with van der Waals surface area (Å²) in [7, 11) is 0. The topological polar surface area (TPSA) is 59.1 Å². The molecule has 0 saturated heterocycles. The molecule has 0 heterocycles. The van der Waals surface area contributed by atoms with Crippen molar-refractivity contribution < 1.29 is 4.74 Å². The van der Waals surface area contributed by atoms with Gasteiger partial charge in [0.2, 0.25) is 0 Å². The molecule has 19 heavy (non-hydrogen) atoms. The summed E-state index contributed by atoms with van der Waals surface area (Å²) in [5.74, 6) is 1.57. The Labute approximate surface area is 119 Å². The van der Waals surface area contributed by atoms with Gasteiger partial charge in [0.05, 0.1) is 11.7 Å². The largest absolute Gasteiger partial charge is 0.490 e. The fraction of sp³-hybridized carbons (Fsp3) is 0.533. The van der Waals surface area contributed by atoms with Crippen LogP contribution >= 0.6 is 11.8 Å². The summed E-state index contributed by atoms with van der Waals surface area (Å²) in [6.45, 7) is 2.28. The quantitative estimate of drug-likeness (QED) is 0.502. The summed E-state index contributed by atoms with van der Waals surface area (Å²) < 4.78 is 6.13. The van der Waals surface area contributed by atoms with Gasteiger partial charge in [0.25, 0.3) is 0 Å². The van der Waals surface area contributed by atoms with Crippen LogP contribution in [-0.2, 0) is 0 Å². The predicted molar refractivity (Wildman–Crippen MR) is 81.3 cm³/mol. The molecule has 1 aromatic rings. The van der Waals surface area contributed by atoms with E-state index in [1.807, 2.05) is 24.5 Å². The van der Waals surface area contributed by atoms with E-state index in [9.17, 15) is 0 Å². The molecule has 4 heteroatoms. The maximum atomic E-state index is 7.76. The van der Waals surface area contributed by atoms with Gasteiger partial charge in [-0.3, -0.25) is 5.41 Å². The first kappa shape index (κ1) is 14.3. The van der Waals surface area contributed by atoms with Crippen molar-refractivity contribution in [3.05, 3.63) is 23.8 Å². The number of rotatable bonds is 4. The van der Waals surface area contributed by atoms with Gasteiger partial charge in [-0.15, -0.1) is 11.8 Å². The molecule has 2 atom stereocenters. The van der Waals surface area contributed by atoms with Gasteiger partial charge in [-0.05, 0) is 43.6 Å². The molecule has 3 N–H and O–H groups in total. The van der Waals surface area contributed by atoms with Crippen molar-refractivity contribution in [3.8, 4) is 5.75 Å². The van der Waals surface area contributed by atoms with Crippen LogP contribution in [0.3, 0.4) is 0 Å². The number of nitrogens with two attached hydrogens (primary N) is 1. The molecule has 0 radical (unpaired) electrons. The van der Waals surface area contributed by atoms with Gasteiger partial charge in [-0.25, -0.2) is 0 Å². The van der Waals surface area contributed by atoms with Gasteiger partial charge in [0.15, 0.2) is 0 Å². The van der Waals surface area contributed by atoms with Crippen LogP contribution in [0, 0.1) is 11.3 Å². The lowest BCUT2D eigenvalue weighted by Crippen LogP contribution is -2.25. The van der Waals surface area contributed by atoms with Gasteiger partial charge < -0.3 is 10.5 Å². The van der Waals surface area contributed by atoms with E-state index in [1.54, 1.807) is 11.8 Å². The molecule has 0 aromatic heterocycles. The molecular formula is C15H22N2OS. The number of hydrogen-bond donors (Lipinski definition) is 2. The highest BCUT2D eigenvalue weighted by molar-refractivity contribution is 7.98. The van der Waals surface area contributed by atoms with E-state index in [1.165, 1.54) is 12.8 Å². The van der Waals surface area contributed by atoms with E-state index in [2.05, 4.69) is 6.92 Å². The van der Waals surface area contributed by atoms with Crippen LogP contribution in [0.15, 0.2) is 23.1 Å². The molecule has 1 saturated carbocycles. The lowest BCUT2D eigenvalue weighted by molar-refractivity contribution is 0.128. The van der Waals surface area contributed by atoms with Crippen molar-refractivity contribution in [2.24, 2.45) is 11.7 Å². The van der Waals surface area contributed by atoms with Crippen LogP contribution < -0.4 is 10.5 Å². The van der Waals surface area contributed by atoms with Crippen LogP contribution in [0.2, 0.25) is 0 Å². The highest BCUT2D eigenvalue weighted by Crippen LogP contribution is 2.32. The van der Waals surface area contributed by atoms with E-state index < -0.39 is 0 Å². The SMILES string of the molecule is CSc1cccc(OC2CCCC(C)C2)c1C(=N)N. The maximum absolute atomic E-state index is 7.76. The van der Waals surface area contributed by atoms with Crippen molar-refractivity contribution in [2.45, 2.75) is 43.6 Å². The second-order valence-corrected chi connectivity index (χ2v) is 6.11. The fourth-order valence-electron chi connectivity index (χ4n) is 2.71. The Kier molecular flexibility index (Phi) is 4.75. The zero-order valence-corrected chi connectivity index (χ0v) is 12.4. The third kappa shape index (κ3) is 3.44. The monoisotopic (exact) mass is 278 g/mol. The lowest BCUT2D eigenvalue weighted by atomic mass is 9.88. The molecule has 1 aliphatic rings. The van der Waals surface area contributed by atoms with E-state index in [4.69, 9.17) is 15.9 Å². The number of nitrogens with one attached hydrogen (secondary N) is 1. The number of nitrogen functional groups attached to an aromatic ring is 1. The van der Waals surface area contributed by atoms with Crippen molar-refractivity contribution >= 4 is 17.6 Å². The summed E-state index contributed by atoms with van der Waals surface area (Å²) in [5, 5.41) is 7.76. The van der Waals surface area contributed by atoms with Crippen molar-refractivity contribution in [1.82, 2.24) is 0 Å². The zero-order chi connectivity index (χ0) is 13.8. The second kappa shape index (κ2) is 6.33. The van der Waals surface area contributed by atoms with Gasteiger partial charge in [0.1, 0.15) is 11.6 Å². The Morgan fingerprint density at radius 1 is 1.42 bits per heavy atom. The zero-order valence-electron chi connectivity index (χ0n) is 11.6. The van der Waals surface area contributed by atoms with Gasteiger partial charge in [-0.2, -0.15) is 0 Å². The van der Waals surface area contributed by atoms with E-state index in [-0.39, 0.29) is 11.9 Å². The van der Waals surface area contributed by atoms with Crippen LogP contribution in [0.4, 0.5) is 0 Å². The number of ether oxygens (including phenoxy) is 1. The molecule has 104 valence electrons. The average Bonchev–Trinajstić information content (AvgIpc) is 2.38. The highest BCUT2D eigenvalue weighted by atomic mass is 32.2. The fourth-order valence-corrected chi connectivity index (χ4v) is 3.34. The maximum Gasteiger partial charge on any atom is 0.131 e. The predicted octanol–water partition coefficient (Wildman–Crippen LogP) is 3.65. The molecule has 2 rings (SSSR count). The number of thioether (sulfide) groups is 1. The van der Waals surface area contributed by atoms with Gasteiger partial charge in [0, 0.05) is 4.90 Å². The van der Waals surface area contributed by atoms with Gasteiger partial charge >= 0.3 is 0 Å². The third-order valence-corrected chi connectivity index (χ3v) is 4.44. The van der Waals surface area contributed by atoms with E-state index in [0.29, 0.717) is 0 Å². The van der Waals surface area contributed by atoms with Gasteiger partial charge in [-0.1, -0.05) is 19.4 Å². The normalized spacial score (nSPS) is 23.1. The Morgan fingerprint density at radius 3 is 2.84 bits per heavy atom. The van der Waals surface area contributed by atoms with Crippen LogP contribution in [0.5, 0.6) is 5.75 Å².